The van der Waals surface area contributed by atoms with Crippen molar-refractivity contribution in [1.29, 1.82) is 0 Å². The van der Waals surface area contributed by atoms with Crippen LogP contribution in [0.15, 0.2) is 48.7 Å². The third-order valence-corrected chi connectivity index (χ3v) is 7.39. The quantitative estimate of drug-likeness (QED) is 0.314. The molecule has 1 aromatic heterocycles. The van der Waals surface area contributed by atoms with Crippen LogP contribution in [0.1, 0.15) is 71.2 Å². The third kappa shape index (κ3) is 8.33. The molecule has 2 heterocycles. The number of aromatic nitrogens is 1. The van der Waals surface area contributed by atoms with Crippen LogP contribution in [0.5, 0.6) is 5.75 Å². The number of carbonyl (C=O) groups is 3. The van der Waals surface area contributed by atoms with Gasteiger partial charge in [-0.1, -0.05) is 12.1 Å². The first kappa shape index (κ1) is 33.3. The number of nitrogens with one attached hydrogen (secondary N) is 1. The Morgan fingerprint density at radius 3 is 2.40 bits per heavy atom. The maximum absolute atomic E-state index is 14.7. The average Bonchev–Trinajstić information content (AvgIpc) is 2.94. The van der Waals surface area contributed by atoms with Crippen molar-refractivity contribution in [3.05, 3.63) is 88.1 Å². The second kappa shape index (κ2) is 13.6. The molecule has 1 fully saturated rings. The summed E-state index contributed by atoms with van der Waals surface area (Å²) in [4.78, 5) is 45.6. The lowest BCUT2D eigenvalue weighted by molar-refractivity contribution is -0.00301. The van der Waals surface area contributed by atoms with Crippen LogP contribution in [0.3, 0.4) is 0 Å². The highest BCUT2D eigenvalue weighted by atomic mass is 19.1. The number of aromatic carboxylic acids is 1. The Labute approximate surface area is 261 Å². The highest BCUT2D eigenvalue weighted by Crippen LogP contribution is 2.31. The summed E-state index contributed by atoms with van der Waals surface area (Å²) in [5.74, 6) is -3.58. The normalized spacial score (nSPS) is 16.2. The third-order valence-electron chi connectivity index (χ3n) is 7.39. The minimum Gasteiger partial charge on any atom is -0.483 e. The first-order chi connectivity index (χ1) is 21.1. The number of aryl methyl sites for hydroxylation is 2. The molecule has 3 aromatic rings. The van der Waals surface area contributed by atoms with Crippen LogP contribution >= 0.6 is 0 Å². The van der Waals surface area contributed by atoms with E-state index in [4.69, 9.17) is 9.47 Å². The average molecular weight is 625 g/mol. The highest BCUT2D eigenvalue weighted by Gasteiger charge is 2.33. The van der Waals surface area contributed by atoms with E-state index in [1.165, 1.54) is 24.4 Å². The van der Waals surface area contributed by atoms with Crippen LogP contribution < -0.4 is 10.1 Å². The lowest BCUT2D eigenvalue weighted by Gasteiger charge is -2.41. The summed E-state index contributed by atoms with van der Waals surface area (Å²) in [5.41, 5.74) is 0.369. The van der Waals surface area contributed by atoms with Gasteiger partial charge >= 0.3 is 12.1 Å². The van der Waals surface area contributed by atoms with E-state index < -0.39 is 41.3 Å². The smallest absolute Gasteiger partial charge is 0.410 e. The summed E-state index contributed by atoms with van der Waals surface area (Å²) in [5, 5.41) is 12.4. The van der Waals surface area contributed by atoms with Gasteiger partial charge in [0.2, 0.25) is 0 Å². The van der Waals surface area contributed by atoms with Gasteiger partial charge in [0.1, 0.15) is 28.8 Å². The Hall–Kier alpha value is -4.58. The van der Waals surface area contributed by atoms with Crippen LogP contribution in [0.2, 0.25) is 0 Å². The summed E-state index contributed by atoms with van der Waals surface area (Å²) in [6.45, 7) is 12.2. The van der Waals surface area contributed by atoms with E-state index in [0.29, 0.717) is 36.3 Å². The van der Waals surface area contributed by atoms with Gasteiger partial charge in [0.25, 0.3) is 5.91 Å². The molecule has 240 valence electrons. The monoisotopic (exact) mass is 624 g/mol. The van der Waals surface area contributed by atoms with Gasteiger partial charge in [-0.15, -0.1) is 0 Å². The van der Waals surface area contributed by atoms with Crippen LogP contribution in [-0.4, -0.2) is 75.7 Å². The van der Waals surface area contributed by atoms with E-state index in [1.807, 2.05) is 6.92 Å². The van der Waals surface area contributed by atoms with Crippen LogP contribution in [-0.2, 0) is 4.74 Å². The van der Waals surface area contributed by atoms with E-state index in [2.05, 4.69) is 15.2 Å². The molecule has 10 nitrogen and oxygen atoms in total. The van der Waals surface area contributed by atoms with Gasteiger partial charge in [-0.3, -0.25) is 9.69 Å². The second-order valence-electron chi connectivity index (χ2n) is 12.2. The molecule has 1 aliphatic rings. The van der Waals surface area contributed by atoms with Crippen LogP contribution in [0.25, 0.3) is 0 Å². The number of benzene rings is 2. The number of carboxylic acid groups (broad SMARTS) is 1. The number of hydrogen-bond acceptors (Lipinski definition) is 7. The summed E-state index contributed by atoms with van der Waals surface area (Å²) in [6.07, 6.45) is 0.108. The summed E-state index contributed by atoms with van der Waals surface area (Å²) in [6, 6.07) is 9.62. The first-order valence-corrected chi connectivity index (χ1v) is 14.6. The zero-order chi connectivity index (χ0) is 33.1. The summed E-state index contributed by atoms with van der Waals surface area (Å²) in [7, 11) is 0. The maximum atomic E-state index is 14.7. The van der Waals surface area contributed by atoms with Gasteiger partial charge in [-0.05, 0) is 88.6 Å². The Kier molecular flexibility index (Phi) is 10.1. The largest absolute Gasteiger partial charge is 0.483 e. The molecular weight excluding hydrogens is 586 g/mol. The molecule has 2 atom stereocenters. The Morgan fingerprint density at radius 1 is 1.04 bits per heavy atom. The molecule has 12 heteroatoms. The Morgan fingerprint density at radius 2 is 1.78 bits per heavy atom. The second-order valence-corrected chi connectivity index (χ2v) is 12.2. The van der Waals surface area contributed by atoms with Crippen molar-refractivity contribution in [2.24, 2.45) is 0 Å². The lowest BCUT2D eigenvalue weighted by atomic mass is 10.0. The van der Waals surface area contributed by atoms with Gasteiger partial charge in [-0.25, -0.2) is 23.4 Å². The molecule has 4 rings (SSSR count). The zero-order valence-corrected chi connectivity index (χ0v) is 26.2. The minimum absolute atomic E-state index is 0.00479. The van der Waals surface area contributed by atoms with Gasteiger partial charge in [-0.2, -0.15) is 0 Å². The standard InChI is InChI=1S/C33H38F2N4O6/c1-19-9-10-22(15-26(19)35)28(18-38-12-13-39(21(3)17-38)32(43)45-33(4,5)6)44-27-14-20(2)23(16-24(27)31(41)42)30(40)37-29-25(34)8-7-11-36-29/h7-11,14-16,21,28H,12-13,17-18H2,1-6H3,(H,41,42)(H,36,37,40)/t21-,28-/m1/s1. The van der Waals surface area contributed by atoms with E-state index in [1.54, 1.807) is 51.7 Å². The predicted octanol–water partition coefficient (Wildman–Crippen LogP) is 5.99. The lowest BCUT2D eigenvalue weighted by Crippen LogP contribution is -2.55. The number of amides is 2. The number of anilines is 1. The molecule has 2 N–H and O–H groups in total. The van der Waals surface area contributed by atoms with E-state index in [-0.39, 0.29) is 35.3 Å². The number of rotatable bonds is 8. The van der Waals surface area contributed by atoms with Crippen molar-refractivity contribution in [2.45, 2.75) is 59.3 Å². The molecule has 2 aromatic carbocycles. The fourth-order valence-corrected chi connectivity index (χ4v) is 5.04. The topological polar surface area (TPSA) is 121 Å². The van der Waals surface area contributed by atoms with E-state index in [9.17, 15) is 28.3 Å². The predicted molar refractivity (Wildman–Crippen MR) is 164 cm³/mol. The molecule has 0 unspecified atom stereocenters. The van der Waals surface area contributed by atoms with Crippen LogP contribution in [0.4, 0.5) is 19.4 Å². The molecule has 1 aliphatic heterocycles. The Bertz CT molecular complexity index is 1590. The van der Waals surface area contributed by atoms with Crippen molar-refractivity contribution in [1.82, 2.24) is 14.8 Å². The number of pyridine rings is 1. The number of ether oxygens (including phenoxy) is 2. The Balaban J connectivity index is 1.61. The molecule has 1 saturated heterocycles. The van der Waals surface area contributed by atoms with E-state index >= 15 is 0 Å². The molecule has 0 spiro atoms. The molecule has 2 amide bonds. The van der Waals surface area contributed by atoms with Gasteiger partial charge < -0.3 is 24.8 Å². The molecule has 0 aliphatic carbocycles. The molecule has 0 saturated carbocycles. The molecule has 0 bridgehead atoms. The SMILES string of the molecule is Cc1ccc([C@@H](CN2CCN(C(=O)OC(C)(C)C)[C@H](C)C2)Oc2cc(C)c(C(=O)Nc3ncccc3F)cc2C(=O)O)cc1F. The van der Waals surface area contributed by atoms with Gasteiger partial charge in [0, 0.05) is 44.0 Å². The van der Waals surface area contributed by atoms with Gasteiger partial charge in [0.15, 0.2) is 11.6 Å². The van der Waals surface area contributed by atoms with Crippen molar-refractivity contribution in [3.8, 4) is 5.75 Å². The number of carbonyl (C=O) groups excluding carboxylic acids is 2. The fourth-order valence-electron chi connectivity index (χ4n) is 5.04. The molecule has 45 heavy (non-hydrogen) atoms. The van der Waals surface area contributed by atoms with Gasteiger partial charge in [0.05, 0.1) is 0 Å². The fraction of sp³-hybridized carbons (Fsp3) is 0.394. The number of nitrogens with zero attached hydrogens (tertiary/aromatic N) is 3. The highest BCUT2D eigenvalue weighted by molar-refractivity contribution is 6.06. The molecule has 0 radical (unpaired) electrons. The van der Waals surface area contributed by atoms with Crippen molar-refractivity contribution >= 4 is 23.8 Å². The van der Waals surface area contributed by atoms with Crippen LogP contribution in [0, 0.1) is 25.5 Å². The summed E-state index contributed by atoms with van der Waals surface area (Å²) < 4.78 is 40.7. The number of piperazine rings is 1. The number of hydrogen-bond donors (Lipinski definition) is 2. The van der Waals surface area contributed by atoms with Crippen molar-refractivity contribution in [2.75, 3.05) is 31.5 Å². The summed E-state index contributed by atoms with van der Waals surface area (Å²) >= 11 is 0. The zero-order valence-electron chi connectivity index (χ0n) is 26.2. The van der Waals surface area contributed by atoms with E-state index in [0.717, 1.165) is 12.1 Å². The van der Waals surface area contributed by atoms with Crippen molar-refractivity contribution in [3.63, 3.8) is 0 Å². The first-order valence-electron chi connectivity index (χ1n) is 14.6. The number of carboxylic acids is 1. The van der Waals surface area contributed by atoms with Crippen molar-refractivity contribution < 1.29 is 37.7 Å². The molecular formula is C33H38F2N4O6. The number of halogens is 2. The maximum Gasteiger partial charge on any atom is 0.410 e. The minimum atomic E-state index is -1.35.